The summed E-state index contributed by atoms with van der Waals surface area (Å²) in [6, 6.07) is 0. The number of ether oxygens (including phenoxy) is 3. The summed E-state index contributed by atoms with van der Waals surface area (Å²) in [6.07, 6.45) is 85.8. The minimum absolute atomic E-state index is 0.109. The van der Waals surface area contributed by atoms with E-state index in [0.717, 1.165) is 96.3 Å². The van der Waals surface area contributed by atoms with Crippen molar-refractivity contribution < 1.29 is 28.6 Å². The topological polar surface area (TPSA) is 78.9 Å². The summed E-state index contributed by atoms with van der Waals surface area (Å²) in [5.41, 5.74) is 0. The Morgan fingerprint density at radius 2 is 0.541 bits per heavy atom. The van der Waals surface area contributed by atoms with Gasteiger partial charge in [0.05, 0.1) is 0 Å². The van der Waals surface area contributed by atoms with Crippen LogP contribution in [-0.2, 0) is 28.6 Å². The van der Waals surface area contributed by atoms with Gasteiger partial charge in [0.25, 0.3) is 0 Å². The molecule has 1 unspecified atom stereocenters. The molecule has 0 amide bonds. The fourth-order valence-corrected chi connectivity index (χ4v) is 8.07. The SMILES string of the molecule is CC\C=C/C=C\C=C/C=C\C=C\C=C/C=C\CCCCCC(=O)OCC(COC(=O)CCCCCCC\C=C/C=C\C=C/CCCCCCC)OC(=O)CCCCCCCCC/C=C\CCCCCCCCCC. The van der Waals surface area contributed by atoms with E-state index in [2.05, 4.69) is 81.5 Å². The number of hydrogen-bond acceptors (Lipinski definition) is 6. The molecule has 6 nitrogen and oxygen atoms in total. The molecule has 0 heterocycles. The molecule has 0 radical (unpaired) electrons. The van der Waals surface area contributed by atoms with Gasteiger partial charge in [0.15, 0.2) is 6.10 Å². The normalized spacial score (nSPS) is 13.1. The molecule has 0 aromatic rings. The van der Waals surface area contributed by atoms with Crippen LogP contribution in [0.2, 0.25) is 0 Å². The molecule has 0 N–H and O–H groups in total. The number of hydrogen-bond donors (Lipinski definition) is 0. The van der Waals surface area contributed by atoms with Crippen LogP contribution in [0.15, 0.2) is 134 Å². The van der Waals surface area contributed by atoms with E-state index in [0.29, 0.717) is 19.3 Å². The molecular formula is C68H110O6. The van der Waals surface area contributed by atoms with Gasteiger partial charge in [0.1, 0.15) is 13.2 Å². The lowest BCUT2D eigenvalue weighted by Gasteiger charge is -2.18. The molecule has 0 bridgehead atoms. The van der Waals surface area contributed by atoms with Crippen LogP contribution < -0.4 is 0 Å². The van der Waals surface area contributed by atoms with Gasteiger partial charge in [-0.2, -0.15) is 0 Å². The lowest BCUT2D eigenvalue weighted by molar-refractivity contribution is -0.167. The van der Waals surface area contributed by atoms with E-state index in [1.54, 1.807) is 0 Å². The molecule has 0 fully saturated rings. The van der Waals surface area contributed by atoms with Crippen LogP contribution >= 0.6 is 0 Å². The van der Waals surface area contributed by atoms with E-state index in [1.807, 2.05) is 72.9 Å². The van der Waals surface area contributed by atoms with E-state index in [4.69, 9.17) is 14.2 Å². The number of rotatable bonds is 53. The Bertz CT molecular complexity index is 1600. The Kier molecular flexibility index (Phi) is 57.4. The fourth-order valence-electron chi connectivity index (χ4n) is 8.07. The van der Waals surface area contributed by atoms with Crippen molar-refractivity contribution in [2.24, 2.45) is 0 Å². The van der Waals surface area contributed by atoms with Gasteiger partial charge >= 0.3 is 17.9 Å². The van der Waals surface area contributed by atoms with Gasteiger partial charge in [0, 0.05) is 19.3 Å². The summed E-state index contributed by atoms with van der Waals surface area (Å²) in [4.78, 5) is 38.3. The zero-order chi connectivity index (χ0) is 53.6. The first-order valence-electron chi connectivity index (χ1n) is 30.3. The second-order valence-corrected chi connectivity index (χ2v) is 19.8. The molecule has 0 saturated carbocycles. The first-order chi connectivity index (χ1) is 36.5. The summed E-state index contributed by atoms with van der Waals surface area (Å²) >= 11 is 0. The highest BCUT2D eigenvalue weighted by molar-refractivity contribution is 5.71. The van der Waals surface area contributed by atoms with E-state index in [-0.39, 0.29) is 31.1 Å². The Labute approximate surface area is 455 Å². The Balaban J connectivity index is 4.55. The second kappa shape index (κ2) is 61.1. The predicted molar refractivity (Wildman–Crippen MR) is 320 cm³/mol. The summed E-state index contributed by atoms with van der Waals surface area (Å²) in [5.74, 6) is -0.977. The van der Waals surface area contributed by atoms with Gasteiger partial charge in [-0.25, -0.2) is 0 Å². The van der Waals surface area contributed by atoms with E-state index in [1.165, 1.54) is 122 Å². The van der Waals surface area contributed by atoms with Gasteiger partial charge in [0.2, 0.25) is 0 Å². The van der Waals surface area contributed by atoms with Crippen molar-refractivity contribution in [1.82, 2.24) is 0 Å². The van der Waals surface area contributed by atoms with Gasteiger partial charge in [-0.15, -0.1) is 0 Å². The molecule has 6 heteroatoms. The molecule has 74 heavy (non-hydrogen) atoms. The third kappa shape index (κ3) is 58.4. The van der Waals surface area contributed by atoms with E-state index in [9.17, 15) is 14.4 Å². The predicted octanol–water partition coefficient (Wildman–Crippen LogP) is 20.6. The van der Waals surface area contributed by atoms with Crippen molar-refractivity contribution in [1.29, 1.82) is 0 Å². The first-order valence-corrected chi connectivity index (χ1v) is 30.3. The third-order valence-corrected chi connectivity index (χ3v) is 12.6. The molecule has 0 aromatic carbocycles. The van der Waals surface area contributed by atoms with Crippen LogP contribution in [0.25, 0.3) is 0 Å². The lowest BCUT2D eigenvalue weighted by atomic mass is 10.1. The summed E-state index contributed by atoms with van der Waals surface area (Å²) in [6.45, 7) is 6.42. The van der Waals surface area contributed by atoms with Crippen molar-refractivity contribution >= 4 is 17.9 Å². The molecule has 0 aliphatic heterocycles. The second-order valence-electron chi connectivity index (χ2n) is 19.8. The number of carbonyl (C=O) groups excluding carboxylic acids is 3. The number of unbranched alkanes of at least 4 members (excludes halogenated alkanes) is 28. The maximum Gasteiger partial charge on any atom is 0.306 e. The van der Waals surface area contributed by atoms with Gasteiger partial charge in [-0.3, -0.25) is 14.4 Å². The Morgan fingerprint density at radius 1 is 0.284 bits per heavy atom. The van der Waals surface area contributed by atoms with Gasteiger partial charge in [-0.05, 0) is 89.9 Å². The summed E-state index contributed by atoms with van der Waals surface area (Å²) < 4.78 is 16.9. The average molecular weight is 1020 g/mol. The van der Waals surface area contributed by atoms with E-state index >= 15 is 0 Å². The van der Waals surface area contributed by atoms with Crippen LogP contribution in [0.4, 0.5) is 0 Å². The molecule has 1 atom stereocenters. The Hall–Kier alpha value is -4.45. The fraction of sp³-hybridized carbons (Fsp3) is 0.632. The molecule has 0 saturated heterocycles. The molecule has 0 aromatic heterocycles. The van der Waals surface area contributed by atoms with Crippen LogP contribution in [0.3, 0.4) is 0 Å². The van der Waals surface area contributed by atoms with Crippen LogP contribution in [0.5, 0.6) is 0 Å². The number of carbonyl (C=O) groups is 3. The monoisotopic (exact) mass is 1020 g/mol. The summed E-state index contributed by atoms with van der Waals surface area (Å²) in [5, 5.41) is 0. The standard InChI is InChI=1S/C68H110O6/c1-4-7-10-13-16-19-22-25-28-31-34-37-40-43-46-49-52-55-58-61-67(70)73-64-65(63-72-66(69)60-57-54-51-48-45-42-39-36-33-30-27-24-21-18-15-12-9-6-3)74-68(71)62-59-56-53-50-47-44-41-38-35-32-29-26-23-20-17-14-11-8-5-2/h7,10,13,16,19,22,24-25,27-28,30-37,39-40,43,46,65H,4-6,8-9,11-12,14-15,17-18,20-21,23,26,29,38,41-42,44-45,47-64H2,1-3H3/b10-7-,16-13-,22-19-,27-24-,28-25-,33-30-,34-31+,35-32-,39-36-,40-37-,46-43-. The maximum atomic E-state index is 12.9. The summed E-state index contributed by atoms with van der Waals surface area (Å²) in [7, 11) is 0. The van der Waals surface area contributed by atoms with Crippen molar-refractivity contribution in [2.45, 2.75) is 264 Å². The van der Waals surface area contributed by atoms with E-state index < -0.39 is 6.10 Å². The van der Waals surface area contributed by atoms with Crippen molar-refractivity contribution in [3.05, 3.63) is 134 Å². The largest absolute Gasteiger partial charge is 0.462 e. The highest BCUT2D eigenvalue weighted by Gasteiger charge is 2.19. The number of allylic oxidation sites excluding steroid dienone is 22. The highest BCUT2D eigenvalue weighted by Crippen LogP contribution is 2.15. The highest BCUT2D eigenvalue weighted by atomic mass is 16.6. The zero-order valence-corrected chi connectivity index (χ0v) is 47.8. The third-order valence-electron chi connectivity index (χ3n) is 12.6. The van der Waals surface area contributed by atoms with Crippen molar-refractivity contribution in [3.63, 3.8) is 0 Å². The number of esters is 3. The molecular weight excluding hydrogens is 913 g/mol. The first kappa shape index (κ1) is 69.5. The van der Waals surface area contributed by atoms with Crippen LogP contribution in [-0.4, -0.2) is 37.2 Å². The van der Waals surface area contributed by atoms with Crippen molar-refractivity contribution in [2.75, 3.05) is 13.2 Å². The Morgan fingerprint density at radius 3 is 0.878 bits per heavy atom. The van der Waals surface area contributed by atoms with Crippen LogP contribution in [0, 0.1) is 0 Å². The van der Waals surface area contributed by atoms with Gasteiger partial charge in [-0.1, -0.05) is 283 Å². The smallest absolute Gasteiger partial charge is 0.306 e. The molecule has 0 spiro atoms. The van der Waals surface area contributed by atoms with Crippen molar-refractivity contribution in [3.8, 4) is 0 Å². The zero-order valence-electron chi connectivity index (χ0n) is 47.8. The lowest BCUT2D eigenvalue weighted by Crippen LogP contribution is -2.30. The molecule has 0 rings (SSSR count). The quantitative estimate of drug-likeness (QED) is 0.0199. The molecule has 0 aliphatic rings. The minimum Gasteiger partial charge on any atom is -0.462 e. The van der Waals surface area contributed by atoms with Crippen LogP contribution in [0.1, 0.15) is 258 Å². The van der Waals surface area contributed by atoms with Gasteiger partial charge < -0.3 is 14.2 Å². The maximum absolute atomic E-state index is 12.9. The average Bonchev–Trinajstić information content (AvgIpc) is 3.40. The molecule has 418 valence electrons. The minimum atomic E-state index is -0.815. The molecule has 0 aliphatic carbocycles.